The highest BCUT2D eigenvalue weighted by Crippen LogP contribution is 2.29. The van der Waals surface area contributed by atoms with Gasteiger partial charge in [-0.1, -0.05) is 13.0 Å². The molecule has 0 amide bonds. The smallest absolute Gasteiger partial charge is 0.128 e. The van der Waals surface area contributed by atoms with Gasteiger partial charge in [0, 0.05) is 11.8 Å². The molecule has 1 unspecified atom stereocenters. The fourth-order valence-electron chi connectivity index (χ4n) is 2.35. The monoisotopic (exact) mass is 273 g/mol. The molecule has 0 aliphatic heterocycles. The van der Waals surface area contributed by atoms with Crippen molar-refractivity contribution >= 4 is 5.82 Å². The molecule has 2 rings (SSSR count). The fourth-order valence-corrected chi connectivity index (χ4v) is 2.35. The molecule has 4 heteroatoms. The van der Waals surface area contributed by atoms with Gasteiger partial charge in [-0.05, 0) is 55.3 Å². The first-order valence-corrected chi connectivity index (χ1v) is 6.74. The van der Waals surface area contributed by atoms with E-state index < -0.39 is 0 Å². The van der Waals surface area contributed by atoms with Crippen molar-refractivity contribution in [1.29, 1.82) is 0 Å². The summed E-state index contributed by atoms with van der Waals surface area (Å²) in [7, 11) is 0. The number of rotatable bonds is 4. The molecule has 2 aromatic rings. The van der Waals surface area contributed by atoms with Crippen LogP contribution in [0.2, 0.25) is 0 Å². The number of nitrogens with one attached hydrogen (secondary N) is 1. The van der Waals surface area contributed by atoms with Gasteiger partial charge in [0.15, 0.2) is 0 Å². The van der Waals surface area contributed by atoms with Crippen LogP contribution in [-0.4, -0.2) is 11.5 Å². The third-order valence-corrected chi connectivity index (χ3v) is 3.36. The molecule has 0 radical (unpaired) electrons. The molecular formula is C16H20FN3. The summed E-state index contributed by atoms with van der Waals surface area (Å²) in [6, 6.07) is 6.67. The van der Waals surface area contributed by atoms with E-state index in [1.54, 1.807) is 18.3 Å². The van der Waals surface area contributed by atoms with Crippen LogP contribution >= 0.6 is 0 Å². The Hall–Kier alpha value is -1.94. The second-order valence-electron chi connectivity index (χ2n) is 4.98. The van der Waals surface area contributed by atoms with E-state index in [0.717, 1.165) is 28.8 Å². The molecule has 0 spiro atoms. The quantitative estimate of drug-likeness (QED) is 0.900. The molecule has 1 aromatic heterocycles. The van der Waals surface area contributed by atoms with Crippen molar-refractivity contribution in [2.75, 3.05) is 12.3 Å². The summed E-state index contributed by atoms with van der Waals surface area (Å²) in [6.45, 7) is 6.71. The first-order valence-electron chi connectivity index (χ1n) is 6.74. The van der Waals surface area contributed by atoms with Crippen LogP contribution in [-0.2, 0) is 0 Å². The van der Waals surface area contributed by atoms with Crippen molar-refractivity contribution in [3.05, 3.63) is 58.5 Å². The standard InChI is InChI=1S/C16H20FN3/c1-4-19-15(13-8-12(17)6-5-11(13)3)14-7-10(2)9-20-16(14)18/h5-9,15,19H,4H2,1-3H3,(H2,18,20). The van der Waals surface area contributed by atoms with Gasteiger partial charge in [0.05, 0.1) is 6.04 Å². The molecule has 0 saturated carbocycles. The lowest BCUT2D eigenvalue weighted by molar-refractivity contribution is 0.600. The second-order valence-corrected chi connectivity index (χ2v) is 4.98. The van der Waals surface area contributed by atoms with Gasteiger partial charge < -0.3 is 11.1 Å². The molecule has 3 N–H and O–H groups in total. The zero-order valence-corrected chi connectivity index (χ0v) is 12.1. The number of pyridine rings is 1. The summed E-state index contributed by atoms with van der Waals surface area (Å²) in [5.74, 6) is 0.234. The Morgan fingerprint density at radius 1 is 1.25 bits per heavy atom. The maximum absolute atomic E-state index is 13.6. The van der Waals surface area contributed by atoms with E-state index in [9.17, 15) is 4.39 Å². The van der Waals surface area contributed by atoms with Gasteiger partial charge in [0.2, 0.25) is 0 Å². The summed E-state index contributed by atoms with van der Waals surface area (Å²) in [5, 5.41) is 3.36. The molecular weight excluding hydrogens is 253 g/mol. The number of aromatic nitrogens is 1. The normalized spacial score (nSPS) is 12.4. The molecule has 106 valence electrons. The van der Waals surface area contributed by atoms with Crippen molar-refractivity contribution < 1.29 is 4.39 Å². The summed E-state index contributed by atoms with van der Waals surface area (Å²) < 4.78 is 13.6. The molecule has 1 aromatic carbocycles. The topological polar surface area (TPSA) is 50.9 Å². The summed E-state index contributed by atoms with van der Waals surface area (Å²) >= 11 is 0. The predicted molar refractivity (Wildman–Crippen MR) is 80.0 cm³/mol. The number of hydrogen-bond acceptors (Lipinski definition) is 3. The van der Waals surface area contributed by atoms with Gasteiger partial charge in [-0.3, -0.25) is 0 Å². The van der Waals surface area contributed by atoms with Crippen molar-refractivity contribution in [2.24, 2.45) is 0 Å². The number of aryl methyl sites for hydroxylation is 2. The lowest BCUT2D eigenvalue weighted by Gasteiger charge is -2.22. The Labute approximate surface area is 119 Å². The van der Waals surface area contributed by atoms with Crippen molar-refractivity contribution in [3.63, 3.8) is 0 Å². The van der Waals surface area contributed by atoms with E-state index >= 15 is 0 Å². The molecule has 0 bridgehead atoms. The zero-order valence-electron chi connectivity index (χ0n) is 12.1. The van der Waals surface area contributed by atoms with E-state index in [-0.39, 0.29) is 11.9 Å². The van der Waals surface area contributed by atoms with Crippen LogP contribution in [0.25, 0.3) is 0 Å². The lowest BCUT2D eigenvalue weighted by Crippen LogP contribution is -2.24. The molecule has 0 aliphatic carbocycles. The first kappa shape index (κ1) is 14.5. The molecule has 0 fully saturated rings. The maximum atomic E-state index is 13.6. The minimum Gasteiger partial charge on any atom is -0.383 e. The van der Waals surface area contributed by atoms with Crippen LogP contribution in [0.1, 0.15) is 35.2 Å². The Morgan fingerprint density at radius 3 is 2.70 bits per heavy atom. The van der Waals surface area contributed by atoms with Gasteiger partial charge >= 0.3 is 0 Å². The molecule has 1 heterocycles. The average molecular weight is 273 g/mol. The highest BCUT2D eigenvalue weighted by atomic mass is 19.1. The molecule has 3 nitrogen and oxygen atoms in total. The number of halogens is 1. The molecule has 0 aliphatic rings. The average Bonchev–Trinajstić information content (AvgIpc) is 2.42. The number of benzene rings is 1. The van der Waals surface area contributed by atoms with Crippen LogP contribution in [0.5, 0.6) is 0 Å². The van der Waals surface area contributed by atoms with E-state index in [0.29, 0.717) is 5.82 Å². The van der Waals surface area contributed by atoms with E-state index in [4.69, 9.17) is 5.73 Å². The van der Waals surface area contributed by atoms with Crippen LogP contribution < -0.4 is 11.1 Å². The van der Waals surface area contributed by atoms with Crippen molar-refractivity contribution in [2.45, 2.75) is 26.8 Å². The van der Waals surface area contributed by atoms with Crippen LogP contribution in [0.4, 0.5) is 10.2 Å². The number of nitrogens with two attached hydrogens (primary N) is 1. The van der Waals surface area contributed by atoms with Crippen LogP contribution in [0.3, 0.4) is 0 Å². The second kappa shape index (κ2) is 6.01. The lowest BCUT2D eigenvalue weighted by atomic mass is 9.94. The van der Waals surface area contributed by atoms with Crippen LogP contribution in [0.15, 0.2) is 30.5 Å². The van der Waals surface area contributed by atoms with E-state index in [1.807, 2.05) is 26.8 Å². The summed E-state index contributed by atoms with van der Waals surface area (Å²) in [4.78, 5) is 4.20. The zero-order chi connectivity index (χ0) is 14.7. The summed E-state index contributed by atoms with van der Waals surface area (Å²) in [6.07, 6.45) is 1.74. The summed E-state index contributed by atoms with van der Waals surface area (Å²) in [5.41, 5.74) is 9.84. The van der Waals surface area contributed by atoms with Crippen molar-refractivity contribution in [3.8, 4) is 0 Å². The maximum Gasteiger partial charge on any atom is 0.128 e. The number of anilines is 1. The molecule has 0 saturated heterocycles. The Balaban J connectivity index is 2.55. The van der Waals surface area contributed by atoms with Gasteiger partial charge in [-0.15, -0.1) is 0 Å². The SMILES string of the molecule is CCNC(c1cc(F)ccc1C)c1cc(C)cnc1N. The van der Waals surface area contributed by atoms with Crippen LogP contribution in [0, 0.1) is 19.7 Å². The third-order valence-electron chi connectivity index (χ3n) is 3.36. The van der Waals surface area contributed by atoms with Gasteiger partial charge in [-0.25, -0.2) is 9.37 Å². The van der Waals surface area contributed by atoms with Crippen molar-refractivity contribution in [1.82, 2.24) is 10.3 Å². The van der Waals surface area contributed by atoms with E-state index in [2.05, 4.69) is 10.3 Å². The highest BCUT2D eigenvalue weighted by Gasteiger charge is 2.19. The fraction of sp³-hybridized carbons (Fsp3) is 0.312. The Bertz CT molecular complexity index is 559. The number of nitrogen functional groups attached to an aromatic ring is 1. The minimum atomic E-state index is -0.243. The Morgan fingerprint density at radius 2 is 2.00 bits per heavy atom. The molecule has 1 atom stereocenters. The van der Waals surface area contributed by atoms with E-state index in [1.165, 1.54) is 6.07 Å². The number of nitrogens with zero attached hydrogens (tertiary/aromatic N) is 1. The Kier molecular flexibility index (Phi) is 4.35. The third kappa shape index (κ3) is 2.96. The first-order chi connectivity index (χ1) is 9.52. The predicted octanol–water partition coefficient (Wildman–Crippen LogP) is 3.12. The van der Waals surface area contributed by atoms with Gasteiger partial charge in [0.25, 0.3) is 0 Å². The van der Waals surface area contributed by atoms with Gasteiger partial charge in [0.1, 0.15) is 11.6 Å². The largest absolute Gasteiger partial charge is 0.383 e. The highest BCUT2D eigenvalue weighted by molar-refractivity contribution is 5.48. The van der Waals surface area contributed by atoms with Gasteiger partial charge in [-0.2, -0.15) is 0 Å². The number of hydrogen-bond donors (Lipinski definition) is 2. The minimum absolute atomic E-state index is 0.150. The molecule has 20 heavy (non-hydrogen) atoms.